The maximum atomic E-state index is 11.0. The van der Waals surface area contributed by atoms with Crippen molar-refractivity contribution in [3.8, 4) is 5.75 Å². The minimum absolute atomic E-state index is 0. The van der Waals surface area contributed by atoms with Crippen LogP contribution in [0.2, 0.25) is 0 Å². The topological polar surface area (TPSA) is 49.8 Å². The summed E-state index contributed by atoms with van der Waals surface area (Å²) in [6.45, 7) is 4.18. The quantitative estimate of drug-likeness (QED) is 0.877. The van der Waals surface area contributed by atoms with E-state index in [1.165, 1.54) is 5.56 Å². The number of likely N-dealkylation sites (tertiary alicyclic amines) is 1. The van der Waals surface area contributed by atoms with Gasteiger partial charge in [-0.1, -0.05) is 19.1 Å². The van der Waals surface area contributed by atoms with Gasteiger partial charge in [-0.3, -0.25) is 9.69 Å². The standard InChI is InChI=1S/C15H21NO3.ClH/c1-2-12-5-3-6-13(11-12)19-10-9-16-8-4-7-14(16)15(17)18;/h3,5-6,11,14H,2,4,7-10H2,1H3,(H,17,18);1H/t14-;/m1./s1. The van der Waals surface area contributed by atoms with Gasteiger partial charge in [0.1, 0.15) is 18.4 Å². The predicted molar refractivity (Wildman–Crippen MR) is 80.8 cm³/mol. The molecule has 0 saturated carbocycles. The van der Waals surface area contributed by atoms with Crippen molar-refractivity contribution in [2.45, 2.75) is 32.2 Å². The smallest absolute Gasteiger partial charge is 0.320 e. The van der Waals surface area contributed by atoms with Crippen LogP contribution in [0.4, 0.5) is 0 Å². The number of aryl methyl sites for hydroxylation is 1. The second-order valence-electron chi connectivity index (χ2n) is 4.88. The van der Waals surface area contributed by atoms with Crippen molar-refractivity contribution >= 4 is 18.4 Å². The summed E-state index contributed by atoms with van der Waals surface area (Å²) in [5.41, 5.74) is 1.25. The van der Waals surface area contributed by atoms with E-state index in [-0.39, 0.29) is 18.4 Å². The van der Waals surface area contributed by atoms with E-state index in [4.69, 9.17) is 9.84 Å². The summed E-state index contributed by atoms with van der Waals surface area (Å²) in [5.74, 6) is 0.149. The summed E-state index contributed by atoms with van der Waals surface area (Å²) in [6, 6.07) is 7.72. The molecule has 1 aliphatic heterocycles. The predicted octanol–water partition coefficient (Wildman–Crippen LogP) is 2.60. The van der Waals surface area contributed by atoms with Gasteiger partial charge in [0.2, 0.25) is 0 Å². The van der Waals surface area contributed by atoms with Crippen LogP contribution in [0.15, 0.2) is 24.3 Å². The normalized spacial score (nSPS) is 18.6. The second kappa shape index (κ2) is 8.12. The van der Waals surface area contributed by atoms with Crippen LogP contribution < -0.4 is 4.74 Å². The Morgan fingerprint density at radius 2 is 2.30 bits per heavy atom. The minimum atomic E-state index is -0.717. The molecule has 0 radical (unpaired) electrons. The second-order valence-corrected chi connectivity index (χ2v) is 4.88. The minimum Gasteiger partial charge on any atom is -0.492 e. The van der Waals surface area contributed by atoms with Crippen LogP contribution in [0.1, 0.15) is 25.3 Å². The number of benzene rings is 1. The molecule has 1 N–H and O–H groups in total. The molecular formula is C15H22ClNO3. The maximum Gasteiger partial charge on any atom is 0.320 e. The molecule has 20 heavy (non-hydrogen) atoms. The van der Waals surface area contributed by atoms with Gasteiger partial charge in [-0.25, -0.2) is 0 Å². The summed E-state index contributed by atoms with van der Waals surface area (Å²) < 4.78 is 5.70. The Morgan fingerprint density at radius 1 is 1.50 bits per heavy atom. The fraction of sp³-hybridized carbons (Fsp3) is 0.533. The molecule has 0 unspecified atom stereocenters. The van der Waals surface area contributed by atoms with E-state index >= 15 is 0 Å². The lowest BCUT2D eigenvalue weighted by atomic mass is 10.2. The summed E-state index contributed by atoms with van der Waals surface area (Å²) in [6.07, 6.45) is 2.70. The van der Waals surface area contributed by atoms with Gasteiger partial charge in [0, 0.05) is 6.54 Å². The number of carboxylic acids is 1. The first-order valence-corrected chi connectivity index (χ1v) is 6.89. The number of carboxylic acid groups (broad SMARTS) is 1. The maximum absolute atomic E-state index is 11.0. The van der Waals surface area contributed by atoms with Gasteiger partial charge in [0.25, 0.3) is 0 Å². The zero-order valence-electron chi connectivity index (χ0n) is 11.7. The highest BCUT2D eigenvalue weighted by molar-refractivity contribution is 5.85. The molecule has 4 nitrogen and oxygen atoms in total. The van der Waals surface area contributed by atoms with Gasteiger partial charge in [-0.05, 0) is 43.5 Å². The highest BCUT2D eigenvalue weighted by atomic mass is 35.5. The molecule has 2 rings (SSSR count). The first kappa shape index (κ1) is 16.8. The van der Waals surface area contributed by atoms with Gasteiger partial charge in [0.05, 0.1) is 0 Å². The van der Waals surface area contributed by atoms with E-state index in [2.05, 4.69) is 13.0 Å². The van der Waals surface area contributed by atoms with Crippen molar-refractivity contribution in [1.82, 2.24) is 4.90 Å². The lowest BCUT2D eigenvalue weighted by Gasteiger charge is -2.20. The first-order chi connectivity index (χ1) is 9.20. The largest absolute Gasteiger partial charge is 0.492 e. The van der Waals surface area contributed by atoms with Crippen LogP contribution >= 0.6 is 12.4 Å². The molecule has 0 spiro atoms. The van der Waals surface area contributed by atoms with Crippen LogP contribution in [-0.4, -0.2) is 41.7 Å². The van der Waals surface area contributed by atoms with Crippen LogP contribution in [0, 0.1) is 0 Å². The molecule has 1 heterocycles. The SMILES string of the molecule is CCc1cccc(OCCN2CCC[C@@H]2C(=O)O)c1.Cl. The number of rotatable bonds is 6. The molecule has 1 aromatic carbocycles. The van der Waals surface area contributed by atoms with E-state index < -0.39 is 5.97 Å². The molecule has 1 aliphatic rings. The Balaban J connectivity index is 0.00000200. The van der Waals surface area contributed by atoms with E-state index in [9.17, 15) is 4.79 Å². The molecule has 1 saturated heterocycles. The Hall–Kier alpha value is -1.26. The monoisotopic (exact) mass is 299 g/mol. The van der Waals surface area contributed by atoms with Gasteiger partial charge in [-0.2, -0.15) is 0 Å². The molecule has 112 valence electrons. The number of halogens is 1. The van der Waals surface area contributed by atoms with E-state index in [0.29, 0.717) is 13.2 Å². The zero-order valence-corrected chi connectivity index (χ0v) is 12.6. The van der Waals surface area contributed by atoms with Crippen LogP contribution in [0.25, 0.3) is 0 Å². The summed E-state index contributed by atoms with van der Waals surface area (Å²) in [4.78, 5) is 13.0. The highest BCUT2D eigenvalue weighted by Gasteiger charge is 2.29. The Bertz CT molecular complexity index is 439. The van der Waals surface area contributed by atoms with Gasteiger partial charge < -0.3 is 9.84 Å². The summed E-state index contributed by atoms with van der Waals surface area (Å²) in [7, 11) is 0. The summed E-state index contributed by atoms with van der Waals surface area (Å²) >= 11 is 0. The van der Waals surface area contributed by atoms with Gasteiger partial charge >= 0.3 is 5.97 Å². The number of ether oxygens (including phenoxy) is 1. The molecule has 0 aromatic heterocycles. The fourth-order valence-corrected chi connectivity index (χ4v) is 2.51. The Kier molecular flexibility index (Phi) is 6.82. The molecule has 0 bridgehead atoms. The number of aliphatic carboxylic acids is 1. The van der Waals surface area contributed by atoms with Crippen molar-refractivity contribution in [2.75, 3.05) is 19.7 Å². The number of nitrogens with zero attached hydrogens (tertiary/aromatic N) is 1. The number of carbonyl (C=O) groups is 1. The van der Waals surface area contributed by atoms with Crippen LogP contribution in [-0.2, 0) is 11.2 Å². The third-order valence-corrected chi connectivity index (χ3v) is 3.60. The molecular weight excluding hydrogens is 278 g/mol. The van der Waals surface area contributed by atoms with Crippen molar-refractivity contribution in [2.24, 2.45) is 0 Å². The molecule has 1 aromatic rings. The van der Waals surface area contributed by atoms with Crippen LogP contribution in [0.3, 0.4) is 0 Å². The lowest BCUT2D eigenvalue weighted by molar-refractivity contribution is -0.142. The summed E-state index contributed by atoms with van der Waals surface area (Å²) in [5, 5.41) is 9.09. The third-order valence-electron chi connectivity index (χ3n) is 3.60. The van der Waals surface area contributed by atoms with Crippen molar-refractivity contribution in [3.63, 3.8) is 0 Å². The molecule has 0 amide bonds. The molecule has 0 aliphatic carbocycles. The number of hydrogen-bond acceptors (Lipinski definition) is 3. The Morgan fingerprint density at radius 3 is 3.00 bits per heavy atom. The highest BCUT2D eigenvalue weighted by Crippen LogP contribution is 2.18. The fourth-order valence-electron chi connectivity index (χ4n) is 2.51. The van der Waals surface area contributed by atoms with Crippen molar-refractivity contribution < 1.29 is 14.6 Å². The first-order valence-electron chi connectivity index (χ1n) is 6.89. The third kappa shape index (κ3) is 4.39. The number of hydrogen-bond donors (Lipinski definition) is 1. The zero-order chi connectivity index (χ0) is 13.7. The van der Waals surface area contributed by atoms with Gasteiger partial charge in [-0.15, -0.1) is 12.4 Å². The average molecular weight is 300 g/mol. The molecule has 1 atom stereocenters. The van der Waals surface area contributed by atoms with Crippen molar-refractivity contribution in [1.29, 1.82) is 0 Å². The molecule has 1 fully saturated rings. The van der Waals surface area contributed by atoms with Gasteiger partial charge in [0.15, 0.2) is 0 Å². The van der Waals surface area contributed by atoms with Crippen LogP contribution in [0.5, 0.6) is 5.75 Å². The van der Waals surface area contributed by atoms with E-state index in [1.54, 1.807) is 0 Å². The van der Waals surface area contributed by atoms with E-state index in [1.807, 2.05) is 23.1 Å². The average Bonchev–Trinajstić information content (AvgIpc) is 2.87. The lowest BCUT2D eigenvalue weighted by Crippen LogP contribution is -2.38. The Labute approximate surface area is 126 Å². The molecule has 5 heteroatoms. The van der Waals surface area contributed by atoms with Crippen molar-refractivity contribution in [3.05, 3.63) is 29.8 Å². The van der Waals surface area contributed by atoms with E-state index in [0.717, 1.165) is 31.6 Å².